The molecule has 1 aliphatic carbocycles. The molecule has 0 N–H and O–H groups in total. The van der Waals surface area contributed by atoms with Gasteiger partial charge in [0.2, 0.25) is 0 Å². The Kier molecular flexibility index (Phi) is 7.77. The van der Waals surface area contributed by atoms with Gasteiger partial charge >= 0.3 is 0 Å². The average molecular weight is 700 g/mol. The number of anilines is 3. The van der Waals surface area contributed by atoms with Crippen molar-refractivity contribution < 1.29 is 0 Å². The molecule has 2 nitrogen and oxygen atoms in total. The molecule has 0 saturated heterocycles. The van der Waals surface area contributed by atoms with Crippen LogP contribution in [0.2, 0.25) is 0 Å². The van der Waals surface area contributed by atoms with E-state index < -0.39 is 0 Å². The van der Waals surface area contributed by atoms with Crippen LogP contribution < -0.4 is 25.8 Å². The second kappa shape index (κ2) is 11.5. The van der Waals surface area contributed by atoms with Crippen molar-refractivity contribution in [1.29, 1.82) is 0 Å². The Morgan fingerprint density at radius 3 is 1.75 bits per heavy atom. The van der Waals surface area contributed by atoms with Gasteiger partial charge in [0, 0.05) is 34.7 Å². The van der Waals surface area contributed by atoms with Crippen LogP contribution in [0, 0.1) is 0 Å². The Hall–Kier alpha value is -4.08. The van der Waals surface area contributed by atoms with Gasteiger partial charge < -0.3 is 4.90 Å². The lowest BCUT2D eigenvalue weighted by atomic mass is 9.32. The predicted octanol–water partition coefficient (Wildman–Crippen LogP) is 11.2. The number of rotatable bonds is 2. The normalized spacial score (nSPS) is 16.0. The van der Waals surface area contributed by atoms with Gasteiger partial charge in [0.05, 0.1) is 14.1 Å². The molecule has 272 valence electrons. The Labute approximate surface area is 320 Å². The molecule has 0 spiro atoms. The molecule has 5 aromatic carbocycles. The highest BCUT2D eigenvalue weighted by Gasteiger charge is 2.50. The van der Waals surface area contributed by atoms with E-state index in [-0.39, 0.29) is 28.4 Å². The summed E-state index contributed by atoms with van der Waals surface area (Å²) in [6, 6.07) is 34.1. The molecule has 0 fully saturated rings. The van der Waals surface area contributed by atoms with E-state index in [1.54, 1.807) is 0 Å². The molecule has 0 bridgehead atoms. The molecule has 0 unspecified atom stereocenters. The summed E-state index contributed by atoms with van der Waals surface area (Å²) in [6.45, 7) is 28.4. The van der Waals surface area contributed by atoms with Crippen molar-refractivity contribution in [2.75, 3.05) is 19.0 Å². The van der Waals surface area contributed by atoms with E-state index in [1.165, 1.54) is 95.8 Å². The maximum Gasteiger partial charge on any atom is 0.262 e. The highest BCUT2D eigenvalue weighted by atomic mass is 15.3. The molecule has 0 atom stereocenters. The molecule has 3 heteroatoms. The van der Waals surface area contributed by atoms with Crippen molar-refractivity contribution in [3.8, 4) is 11.1 Å². The maximum atomic E-state index is 2.63. The summed E-state index contributed by atoms with van der Waals surface area (Å²) < 4.78 is 0.704. The molecule has 3 aliphatic rings. The van der Waals surface area contributed by atoms with Crippen molar-refractivity contribution in [2.24, 2.45) is 0 Å². The Balaban J connectivity index is 1.51. The van der Waals surface area contributed by atoms with Gasteiger partial charge in [-0.3, -0.25) is 4.48 Å². The molecular formula is C50H60BN2+. The molecule has 0 amide bonds. The van der Waals surface area contributed by atoms with Crippen molar-refractivity contribution in [1.82, 2.24) is 4.48 Å². The second-order valence-corrected chi connectivity index (χ2v) is 20.9. The highest BCUT2D eigenvalue weighted by molar-refractivity contribution is 7.00. The van der Waals surface area contributed by atoms with Crippen molar-refractivity contribution >= 4 is 51.5 Å². The number of fused-ring (bicyclic) bond motifs is 5. The third-order valence-electron chi connectivity index (χ3n) is 12.6. The fraction of sp³-hybridized carbons (Fsp3) is 0.400. The summed E-state index contributed by atoms with van der Waals surface area (Å²) in [5, 5.41) is 0. The SMILES string of the molecule is CC(C)(C)c1ccc(N2c3ccc(C(C)(C)C)cc3B3c4cc(C(C)(C)C)c(C(C)(C)C)cc4[N+](C)(C)c4cc(-c5cccc6c5CC6)cc2c43)cc1. The fourth-order valence-electron chi connectivity index (χ4n) is 9.38. The van der Waals surface area contributed by atoms with Crippen LogP contribution in [0.5, 0.6) is 0 Å². The average Bonchev–Trinajstić information content (AvgIpc) is 3.04. The van der Waals surface area contributed by atoms with E-state index >= 15 is 0 Å². The third kappa shape index (κ3) is 5.64. The number of benzene rings is 5. The third-order valence-corrected chi connectivity index (χ3v) is 12.6. The molecule has 8 rings (SSSR count). The lowest BCUT2D eigenvalue weighted by Crippen LogP contribution is -2.65. The van der Waals surface area contributed by atoms with Crippen molar-refractivity contribution in [3.63, 3.8) is 0 Å². The first-order valence-electron chi connectivity index (χ1n) is 19.9. The second-order valence-electron chi connectivity index (χ2n) is 20.9. The molecule has 2 heterocycles. The first kappa shape index (κ1) is 35.9. The van der Waals surface area contributed by atoms with Gasteiger partial charge in [-0.25, -0.2) is 0 Å². The number of hydrogen-bond acceptors (Lipinski definition) is 1. The number of quaternary nitrogens is 1. The highest BCUT2D eigenvalue weighted by Crippen LogP contribution is 2.48. The Morgan fingerprint density at radius 2 is 1.17 bits per heavy atom. The zero-order valence-corrected chi connectivity index (χ0v) is 35.0. The summed E-state index contributed by atoms with van der Waals surface area (Å²) in [5.74, 6) is 0. The summed E-state index contributed by atoms with van der Waals surface area (Å²) in [5.41, 5.74) is 22.5. The molecule has 0 radical (unpaired) electrons. The smallest absolute Gasteiger partial charge is 0.262 e. The summed E-state index contributed by atoms with van der Waals surface area (Å²) in [7, 11) is 4.87. The van der Waals surface area contributed by atoms with Gasteiger partial charge in [-0.2, -0.15) is 0 Å². The fourth-order valence-corrected chi connectivity index (χ4v) is 9.38. The van der Waals surface area contributed by atoms with Crippen molar-refractivity contribution in [3.05, 3.63) is 118 Å². The lowest BCUT2D eigenvalue weighted by Gasteiger charge is -2.46. The molecule has 0 saturated carbocycles. The predicted molar refractivity (Wildman–Crippen MR) is 233 cm³/mol. The monoisotopic (exact) mass is 699 g/mol. The van der Waals surface area contributed by atoms with E-state index in [9.17, 15) is 0 Å². The van der Waals surface area contributed by atoms with E-state index in [4.69, 9.17) is 0 Å². The largest absolute Gasteiger partial charge is 0.311 e. The lowest BCUT2D eigenvalue weighted by molar-refractivity contribution is 0.521. The quantitative estimate of drug-likeness (QED) is 0.128. The Morgan fingerprint density at radius 1 is 0.547 bits per heavy atom. The van der Waals surface area contributed by atoms with Gasteiger partial charge in [-0.05, 0) is 114 Å². The van der Waals surface area contributed by atoms with Crippen LogP contribution in [0.1, 0.15) is 116 Å². The van der Waals surface area contributed by atoms with Crippen LogP contribution in [-0.4, -0.2) is 20.8 Å². The number of nitrogens with zero attached hydrogens (tertiary/aromatic N) is 2. The van der Waals surface area contributed by atoms with Crippen LogP contribution in [0.3, 0.4) is 0 Å². The number of aryl methyl sites for hydroxylation is 1. The van der Waals surface area contributed by atoms with Gasteiger partial charge in [-0.1, -0.05) is 132 Å². The van der Waals surface area contributed by atoms with Crippen LogP contribution in [0.4, 0.5) is 28.4 Å². The van der Waals surface area contributed by atoms with Crippen LogP contribution >= 0.6 is 0 Å². The van der Waals surface area contributed by atoms with Crippen LogP contribution in [0.15, 0.2) is 84.9 Å². The minimum Gasteiger partial charge on any atom is -0.311 e. The Bertz CT molecular complexity index is 2300. The number of hydrogen-bond donors (Lipinski definition) is 0. The zero-order chi connectivity index (χ0) is 38.2. The molecular weight excluding hydrogens is 639 g/mol. The minimum absolute atomic E-state index is 0.00250. The van der Waals surface area contributed by atoms with Gasteiger partial charge in [0.1, 0.15) is 11.4 Å². The van der Waals surface area contributed by atoms with Crippen LogP contribution in [-0.2, 0) is 34.5 Å². The first-order chi connectivity index (χ1) is 24.6. The van der Waals surface area contributed by atoms with Crippen molar-refractivity contribution in [2.45, 2.75) is 118 Å². The van der Waals surface area contributed by atoms with Gasteiger partial charge in [-0.15, -0.1) is 0 Å². The molecule has 5 aromatic rings. The molecule has 53 heavy (non-hydrogen) atoms. The van der Waals surface area contributed by atoms with Crippen LogP contribution in [0.25, 0.3) is 11.1 Å². The van der Waals surface area contributed by atoms with E-state index in [0.717, 1.165) is 6.42 Å². The standard InChI is InChI=1S/C50H60BN2/c1-47(2,3)33-19-22-35(23-20-33)52-42-25-21-34(48(4,5)6)28-40(42)51-41-29-38(49(7,8)9)39(50(10,11)12)30-44(41)53(13,14)45-27-32(26-43(52)46(45)51)36-17-15-16-31-18-24-37(31)36/h15-17,19-23,25-30H,18,24H2,1-14H3/q+1. The molecule has 2 aliphatic heterocycles. The topological polar surface area (TPSA) is 3.24 Å². The van der Waals surface area contributed by atoms with E-state index in [1.807, 2.05) is 0 Å². The van der Waals surface area contributed by atoms with Gasteiger partial charge in [0.15, 0.2) is 0 Å². The summed E-state index contributed by atoms with van der Waals surface area (Å²) in [4.78, 5) is 2.60. The van der Waals surface area contributed by atoms with Gasteiger partial charge in [0.25, 0.3) is 6.71 Å². The maximum absolute atomic E-state index is 2.63. The molecule has 0 aromatic heterocycles. The minimum atomic E-state index is 0.00250. The summed E-state index contributed by atoms with van der Waals surface area (Å²) in [6.07, 6.45) is 2.34. The first-order valence-corrected chi connectivity index (χ1v) is 19.9. The van der Waals surface area contributed by atoms with E-state index in [0.29, 0.717) is 4.48 Å². The summed E-state index contributed by atoms with van der Waals surface area (Å²) >= 11 is 0. The van der Waals surface area contributed by atoms with E-state index in [2.05, 4.69) is 187 Å². The zero-order valence-electron chi connectivity index (χ0n) is 35.0.